The first-order valence-corrected chi connectivity index (χ1v) is 9.31. The monoisotopic (exact) mass is 370 g/mol. The zero-order valence-corrected chi connectivity index (χ0v) is 15.8. The quantitative estimate of drug-likeness (QED) is 0.806. The van der Waals surface area contributed by atoms with Crippen LogP contribution in [0.25, 0.3) is 0 Å². The summed E-state index contributed by atoms with van der Waals surface area (Å²) in [4.78, 5) is 17.9. The zero-order valence-electron chi connectivity index (χ0n) is 15.8. The van der Waals surface area contributed by atoms with Crippen molar-refractivity contribution in [1.29, 1.82) is 0 Å². The number of benzene rings is 1. The summed E-state index contributed by atoms with van der Waals surface area (Å²) in [5.74, 6) is 0.461. The van der Waals surface area contributed by atoms with Crippen molar-refractivity contribution in [2.45, 2.75) is 25.8 Å². The summed E-state index contributed by atoms with van der Waals surface area (Å²) in [7, 11) is 1.64. The molecule has 27 heavy (non-hydrogen) atoms. The van der Waals surface area contributed by atoms with E-state index >= 15 is 0 Å². The third-order valence-corrected chi connectivity index (χ3v) is 5.05. The minimum atomic E-state index is -0.699. The number of hydrogen-bond donors (Lipinski definition) is 1. The second kappa shape index (κ2) is 8.86. The third-order valence-electron chi connectivity index (χ3n) is 5.05. The van der Waals surface area contributed by atoms with Gasteiger partial charge >= 0.3 is 5.97 Å². The summed E-state index contributed by atoms with van der Waals surface area (Å²) < 4.78 is 11.2. The van der Waals surface area contributed by atoms with Crippen molar-refractivity contribution >= 4 is 5.97 Å². The lowest BCUT2D eigenvalue weighted by Gasteiger charge is -2.37. The maximum absolute atomic E-state index is 11.3. The Labute approximate surface area is 159 Å². The van der Waals surface area contributed by atoms with Crippen LogP contribution in [-0.2, 0) is 4.79 Å². The molecule has 2 aromatic rings. The number of carbonyl (C=O) groups is 1. The molecule has 1 aromatic carbocycles. The molecule has 6 nitrogen and oxygen atoms in total. The van der Waals surface area contributed by atoms with E-state index in [1.54, 1.807) is 13.3 Å². The van der Waals surface area contributed by atoms with Gasteiger partial charge in [-0.1, -0.05) is 12.1 Å². The van der Waals surface area contributed by atoms with Crippen LogP contribution in [-0.4, -0.2) is 47.8 Å². The summed E-state index contributed by atoms with van der Waals surface area (Å²) in [5, 5.41) is 9.29. The first-order chi connectivity index (χ1) is 13.1. The number of hydrogen-bond acceptors (Lipinski definition) is 5. The molecule has 144 valence electrons. The van der Waals surface area contributed by atoms with Gasteiger partial charge in [0.05, 0.1) is 25.7 Å². The SMILES string of the molecule is CCOc1ccc(C(c2cccnc2)N2CCC(C(=O)O)CC2)cc1OC. The maximum atomic E-state index is 11.3. The maximum Gasteiger partial charge on any atom is 0.306 e. The predicted molar refractivity (Wildman–Crippen MR) is 102 cm³/mol. The number of pyridine rings is 1. The van der Waals surface area contributed by atoms with E-state index in [1.165, 1.54) is 0 Å². The molecule has 0 aliphatic carbocycles. The molecule has 0 bridgehead atoms. The van der Waals surface area contributed by atoms with Gasteiger partial charge in [-0.3, -0.25) is 14.7 Å². The molecule has 1 aliphatic rings. The fraction of sp³-hybridized carbons (Fsp3) is 0.429. The molecule has 6 heteroatoms. The average molecular weight is 370 g/mol. The minimum Gasteiger partial charge on any atom is -0.493 e. The molecule has 1 atom stereocenters. The fourth-order valence-corrected chi connectivity index (χ4v) is 3.69. The van der Waals surface area contributed by atoms with E-state index in [0.717, 1.165) is 30.0 Å². The Morgan fingerprint density at radius 2 is 2.04 bits per heavy atom. The third kappa shape index (κ3) is 4.39. The number of carboxylic acids is 1. The first kappa shape index (κ1) is 19.2. The highest BCUT2D eigenvalue weighted by Crippen LogP contribution is 2.36. The molecule has 1 saturated heterocycles. The van der Waals surface area contributed by atoms with Crippen LogP contribution in [0.2, 0.25) is 0 Å². The van der Waals surface area contributed by atoms with E-state index in [0.29, 0.717) is 25.2 Å². The molecule has 0 amide bonds. The number of ether oxygens (including phenoxy) is 2. The molecule has 1 N–H and O–H groups in total. The lowest BCUT2D eigenvalue weighted by atomic mass is 9.92. The summed E-state index contributed by atoms with van der Waals surface area (Å²) in [6.07, 6.45) is 4.94. The van der Waals surface area contributed by atoms with Crippen LogP contribution in [0.3, 0.4) is 0 Å². The second-order valence-corrected chi connectivity index (χ2v) is 6.68. The van der Waals surface area contributed by atoms with Gasteiger partial charge in [0.25, 0.3) is 0 Å². The Bertz CT molecular complexity index is 758. The molecule has 0 spiro atoms. The zero-order chi connectivity index (χ0) is 19.2. The topological polar surface area (TPSA) is 71.9 Å². The average Bonchev–Trinajstić information content (AvgIpc) is 2.70. The lowest BCUT2D eigenvalue weighted by molar-refractivity contribution is -0.143. The Kier molecular flexibility index (Phi) is 6.29. The number of nitrogens with zero attached hydrogens (tertiary/aromatic N) is 2. The molecular formula is C21H26N2O4. The number of aromatic nitrogens is 1. The van der Waals surface area contributed by atoms with E-state index in [-0.39, 0.29) is 12.0 Å². The number of rotatable bonds is 7. The first-order valence-electron chi connectivity index (χ1n) is 9.31. The van der Waals surface area contributed by atoms with Gasteiger partial charge in [-0.05, 0) is 62.2 Å². The lowest BCUT2D eigenvalue weighted by Crippen LogP contribution is -2.39. The molecule has 0 radical (unpaired) electrons. The van der Waals surface area contributed by atoms with Gasteiger partial charge in [0.15, 0.2) is 11.5 Å². The van der Waals surface area contributed by atoms with Crippen LogP contribution in [0, 0.1) is 5.92 Å². The Hall–Kier alpha value is -2.60. The van der Waals surface area contributed by atoms with E-state index in [4.69, 9.17) is 9.47 Å². The summed E-state index contributed by atoms with van der Waals surface area (Å²) in [6, 6.07) is 9.98. The van der Waals surface area contributed by atoms with Crippen LogP contribution < -0.4 is 9.47 Å². The van der Waals surface area contributed by atoms with Crippen molar-refractivity contribution in [3.05, 3.63) is 53.9 Å². The van der Waals surface area contributed by atoms with Gasteiger partial charge in [0, 0.05) is 12.4 Å². The van der Waals surface area contributed by atoms with Crippen LogP contribution in [0.15, 0.2) is 42.7 Å². The van der Waals surface area contributed by atoms with Crippen molar-refractivity contribution in [2.24, 2.45) is 5.92 Å². The fourth-order valence-electron chi connectivity index (χ4n) is 3.69. The van der Waals surface area contributed by atoms with E-state index in [2.05, 4.69) is 22.0 Å². The minimum absolute atomic E-state index is 0.00183. The summed E-state index contributed by atoms with van der Waals surface area (Å²) >= 11 is 0. The normalized spacial score (nSPS) is 16.7. The second-order valence-electron chi connectivity index (χ2n) is 6.68. The van der Waals surface area contributed by atoms with Gasteiger partial charge < -0.3 is 14.6 Å². The highest BCUT2D eigenvalue weighted by Gasteiger charge is 2.30. The molecule has 1 aromatic heterocycles. The highest BCUT2D eigenvalue weighted by atomic mass is 16.5. The molecule has 1 aliphatic heterocycles. The molecular weight excluding hydrogens is 344 g/mol. The van der Waals surface area contributed by atoms with Crippen LogP contribution >= 0.6 is 0 Å². The number of methoxy groups -OCH3 is 1. The largest absolute Gasteiger partial charge is 0.493 e. The van der Waals surface area contributed by atoms with Crippen LogP contribution in [0.4, 0.5) is 0 Å². The smallest absolute Gasteiger partial charge is 0.306 e. The van der Waals surface area contributed by atoms with E-state index in [1.807, 2.05) is 31.3 Å². The van der Waals surface area contributed by atoms with Gasteiger partial charge in [-0.15, -0.1) is 0 Å². The van der Waals surface area contributed by atoms with Crippen LogP contribution in [0.1, 0.15) is 36.9 Å². The molecule has 1 fully saturated rings. The van der Waals surface area contributed by atoms with E-state index in [9.17, 15) is 9.90 Å². The summed E-state index contributed by atoms with van der Waals surface area (Å²) in [6.45, 7) is 3.97. The van der Waals surface area contributed by atoms with Crippen molar-refractivity contribution in [3.8, 4) is 11.5 Å². The van der Waals surface area contributed by atoms with Gasteiger partial charge in [0.2, 0.25) is 0 Å². The summed E-state index contributed by atoms with van der Waals surface area (Å²) in [5.41, 5.74) is 2.16. The molecule has 1 unspecified atom stereocenters. The Balaban J connectivity index is 1.93. The standard InChI is InChI=1S/C21H26N2O4/c1-3-27-18-7-6-16(13-19(18)26-2)20(17-5-4-10-22-14-17)23-11-8-15(9-12-23)21(24)25/h4-7,10,13-15,20H,3,8-9,11-12H2,1-2H3,(H,24,25). The number of piperidine rings is 1. The van der Waals surface area contributed by atoms with Crippen molar-refractivity contribution in [3.63, 3.8) is 0 Å². The Morgan fingerprint density at radius 1 is 1.26 bits per heavy atom. The van der Waals surface area contributed by atoms with Crippen molar-refractivity contribution < 1.29 is 19.4 Å². The van der Waals surface area contributed by atoms with Gasteiger partial charge in [0.1, 0.15) is 0 Å². The van der Waals surface area contributed by atoms with Crippen molar-refractivity contribution in [2.75, 3.05) is 26.8 Å². The van der Waals surface area contributed by atoms with Gasteiger partial charge in [-0.2, -0.15) is 0 Å². The molecule has 0 saturated carbocycles. The molecule has 3 rings (SSSR count). The van der Waals surface area contributed by atoms with Crippen molar-refractivity contribution in [1.82, 2.24) is 9.88 Å². The molecule has 2 heterocycles. The predicted octanol–water partition coefficient (Wildman–Crippen LogP) is 3.37. The number of aliphatic carboxylic acids is 1. The number of likely N-dealkylation sites (tertiary alicyclic amines) is 1. The van der Waals surface area contributed by atoms with Gasteiger partial charge in [-0.25, -0.2) is 0 Å². The van der Waals surface area contributed by atoms with Crippen LogP contribution in [0.5, 0.6) is 11.5 Å². The number of carboxylic acid groups (broad SMARTS) is 1. The highest BCUT2D eigenvalue weighted by molar-refractivity contribution is 5.70. The Morgan fingerprint density at radius 3 is 2.63 bits per heavy atom. The van der Waals surface area contributed by atoms with E-state index < -0.39 is 5.97 Å².